The first-order chi connectivity index (χ1) is 20.7. The van der Waals surface area contributed by atoms with E-state index < -0.39 is 47.6 Å². The minimum Gasteiger partial charge on any atom is -0.364 e. The lowest BCUT2D eigenvalue weighted by Gasteiger charge is -2.23. The van der Waals surface area contributed by atoms with Crippen LogP contribution in [0.25, 0.3) is 21.5 Å². The molecule has 0 spiro atoms. The molecule has 1 saturated heterocycles. The summed E-state index contributed by atoms with van der Waals surface area (Å²) in [5.41, 5.74) is 5.53. The van der Waals surface area contributed by atoms with Crippen molar-refractivity contribution in [2.24, 2.45) is 11.1 Å². The Morgan fingerprint density at radius 2 is 1.82 bits per heavy atom. The predicted molar refractivity (Wildman–Crippen MR) is 163 cm³/mol. The highest BCUT2D eigenvalue weighted by Crippen LogP contribution is 2.33. The second kappa shape index (κ2) is 12.0. The number of carbonyl (C=O) groups is 4. The van der Waals surface area contributed by atoms with Crippen LogP contribution in [0.1, 0.15) is 43.2 Å². The van der Waals surface area contributed by atoms with Gasteiger partial charge in [-0.3, -0.25) is 19.2 Å². The Labute approximate surface area is 260 Å². The molecule has 0 aliphatic carbocycles. The number of nitrogens with zero attached hydrogens (tertiary/aromatic N) is 4. The van der Waals surface area contributed by atoms with Crippen molar-refractivity contribution in [2.45, 2.75) is 52.4 Å². The number of Topliss-reactive ketones (excluding diaryl/α,β-unsaturated/α-hetero) is 1. The van der Waals surface area contributed by atoms with Gasteiger partial charge in [-0.25, -0.2) is 13.5 Å². The highest BCUT2D eigenvalue weighted by atomic mass is 35.5. The van der Waals surface area contributed by atoms with Crippen molar-refractivity contribution in [3.8, 4) is 11.1 Å². The number of hydrogen-bond acceptors (Lipinski definition) is 7. The first-order valence-corrected chi connectivity index (χ1v) is 14.9. The van der Waals surface area contributed by atoms with Crippen molar-refractivity contribution in [1.29, 1.82) is 0 Å². The summed E-state index contributed by atoms with van der Waals surface area (Å²) < 4.78 is 31.6. The number of thiazole rings is 1. The molecule has 2 aromatic heterocycles. The summed E-state index contributed by atoms with van der Waals surface area (Å²) in [6, 6.07) is 10.2. The molecule has 0 bridgehead atoms. The fraction of sp³-hybridized carbons (Fsp3) is 0.333. The van der Waals surface area contributed by atoms with Gasteiger partial charge < -0.3 is 16.0 Å². The third-order valence-electron chi connectivity index (χ3n) is 7.26. The lowest BCUT2D eigenvalue weighted by atomic mass is 9.96. The molecule has 10 nitrogen and oxygen atoms in total. The van der Waals surface area contributed by atoms with Crippen LogP contribution in [0.4, 0.5) is 13.9 Å². The molecule has 0 unspecified atom stereocenters. The molecule has 0 saturated carbocycles. The Kier molecular flexibility index (Phi) is 8.54. The molecule has 14 heteroatoms. The smallest absolute Gasteiger partial charge is 0.270 e. The Hall–Kier alpha value is -4.23. The van der Waals surface area contributed by atoms with Crippen molar-refractivity contribution >= 4 is 61.9 Å². The summed E-state index contributed by atoms with van der Waals surface area (Å²) in [5.74, 6) is -2.98. The first kappa shape index (κ1) is 31.2. The van der Waals surface area contributed by atoms with Crippen LogP contribution in [0.2, 0.25) is 5.02 Å². The van der Waals surface area contributed by atoms with Gasteiger partial charge in [0.05, 0.1) is 12.6 Å². The molecule has 0 radical (unpaired) electrons. The van der Waals surface area contributed by atoms with E-state index in [2.05, 4.69) is 15.4 Å². The number of rotatable bonds is 8. The zero-order valence-corrected chi connectivity index (χ0v) is 25.6. The molecule has 5 rings (SSSR count). The second-order valence-electron chi connectivity index (χ2n) is 11.5. The maximum atomic E-state index is 15.5. The number of primary amides is 1. The number of amides is 3. The maximum Gasteiger partial charge on any atom is 0.270 e. The standard InChI is InChI=1S/C30H29ClF2N6O4S/c1-30(2,3)28(43)36-29-35-27-25(44-29)24(26(34)42)37-39(27)14-22(41)38-13-16(32)12-20(38)21(40)11-15-7-6-9-18(23(15)33)17-8-4-5-10-19(17)31/h4-10,16,20H,11-14H2,1-3H3,(H2,34,42)(H,35,36,43)/t16-,20+/m1/s1. The van der Waals surface area contributed by atoms with Crippen LogP contribution < -0.4 is 11.1 Å². The molecule has 2 atom stereocenters. The molecule has 3 N–H and O–H groups in total. The summed E-state index contributed by atoms with van der Waals surface area (Å²) in [4.78, 5) is 56.9. The number of fused-ring (bicyclic) bond motifs is 1. The van der Waals surface area contributed by atoms with Crippen molar-refractivity contribution in [2.75, 3.05) is 11.9 Å². The zero-order valence-electron chi connectivity index (χ0n) is 24.1. The summed E-state index contributed by atoms with van der Waals surface area (Å²) in [7, 11) is 0. The van der Waals surface area contributed by atoms with E-state index in [-0.39, 0.29) is 57.6 Å². The van der Waals surface area contributed by atoms with Crippen LogP contribution in [0.5, 0.6) is 0 Å². The van der Waals surface area contributed by atoms with Crippen LogP contribution in [0.15, 0.2) is 42.5 Å². The molecule has 3 amide bonds. The molecular formula is C30H29ClF2N6O4S. The van der Waals surface area contributed by atoms with Gasteiger partial charge in [0.2, 0.25) is 11.8 Å². The van der Waals surface area contributed by atoms with E-state index in [1.807, 2.05) is 0 Å². The van der Waals surface area contributed by atoms with Gasteiger partial charge in [0.1, 0.15) is 23.2 Å². The Balaban J connectivity index is 1.37. The number of benzene rings is 2. The first-order valence-electron chi connectivity index (χ1n) is 13.7. The van der Waals surface area contributed by atoms with Crippen molar-refractivity contribution < 1.29 is 28.0 Å². The minimum atomic E-state index is -1.47. The maximum absolute atomic E-state index is 15.5. The highest BCUT2D eigenvalue weighted by Gasteiger charge is 2.40. The molecule has 3 heterocycles. The number of anilines is 1. The predicted octanol–water partition coefficient (Wildman–Crippen LogP) is 4.79. The van der Waals surface area contributed by atoms with E-state index in [1.54, 1.807) is 57.2 Å². The van der Waals surface area contributed by atoms with Gasteiger partial charge >= 0.3 is 0 Å². The third kappa shape index (κ3) is 6.20. The van der Waals surface area contributed by atoms with E-state index >= 15 is 4.39 Å². The largest absolute Gasteiger partial charge is 0.364 e. The SMILES string of the molecule is CC(C)(C)C(=O)Nc1nc2c(s1)c(C(N)=O)nn2CC(=O)N1C[C@H](F)C[C@H]1C(=O)Cc1cccc(-c2ccccc2Cl)c1F. The number of halogens is 3. The van der Waals surface area contributed by atoms with Gasteiger partial charge in [0.25, 0.3) is 5.91 Å². The quantitative estimate of drug-likeness (QED) is 0.283. The van der Waals surface area contributed by atoms with Crippen LogP contribution in [-0.2, 0) is 27.3 Å². The number of likely N-dealkylation sites (tertiary alicyclic amines) is 1. The zero-order chi connectivity index (χ0) is 31.9. The molecule has 4 aromatic rings. The summed E-state index contributed by atoms with van der Waals surface area (Å²) in [6.45, 7) is 4.35. The fourth-order valence-electron chi connectivity index (χ4n) is 4.96. The summed E-state index contributed by atoms with van der Waals surface area (Å²) in [6.07, 6.45) is -2.08. The minimum absolute atomic E-state index is 0.0920. The summed E-state index contributed by atoms with van der Waals surface area (Å²) >= 11 is 7.23. The number of nitrogens with one attached hydrogen (secondary N) is 1. The second-order valence-corrected chi connectivity index (χ2v) is 12.9. The average Bonchev–Trinajstić information content (AvgIpc) is 3.63. The van der Waals surface area contributed by atoms with Gasteiger partial charge in [0, 0.05) is 34.4 Å². The molecule has 1 fully saturated rings. The van der Waals surface area contributed by atoms with Gasteiger partial charge in [-0.2, -0.15) is 10.1 Å². The highest BCUT2D eigenvalue weighted by molar-refractivity contribution is 7.22. The molecule has 1 aliphatic heterocycles. The van der Waals surface area contributed by atoms with Crippen LogP contribution in [0.3, 0.4) is 0 Å². The van der Waals surface area contributed by atoms with E-state index in [0.717, 1.165) is 20.9 Å². The van der Waals surface area contributed by atoms with Gasteiger partial charge in [0.15, 0.2) is 22.3 Å². The molecular weight excluding hydrogens is 614 g/mol. The van der Waals surface area contributed by atoms with Crippen molar-refractivity contribution in [1.82, 2.24) is 19.7 Å². The van der Waals surface area contributed by atoms with Crippen molar-refractivity contribution in [3.05, 3.63) is 64.6 Å². The number of carbonyl (C=O) groups excluding carboxylic acids is 4. The lowest BCUT2D eigenvalue weighted by Crippen LogP contribution is -2.43. The molecule has 44 heavy (non-hydrogen) atoms. The Morgan fingerprint density at radius 1 is 1.11 bits per heavy atom. The van der Waals surface area contributed by atoms with E-state index in [0.29, 0.717) is 10.6 Å². The summed E-state index contributed by atoms with van der Waals surface area (Å²) in [5, 5.41) is 7.34. The van der Waals surface area contributed by atoms with E-state index in [9.17, 15) is 23.6 Å². The average molecular weight is 643 g/mol. The van der Waals surface area contributed by atoms with Crippen LogP contribution in [-0.4, -0.2) is 61.9 Å². The van der Waals surface area contributed by atoms with Crippen LogP contribution >= 0.6 is 22.9 Å². The van der Waals surface area contributed by atoms with E-state index in [4.69, 9.17) is 17.3 Å². The molecule has 230 valence electrons. The Bertz CT molecular complexity index is 1800. The molecule has 1 aliphatic rings. The fourth-order valence-corrected chi connectivity index (χ4v) is 6.15. The van der Waals surface area contributed by atoms with Gasteiger partial charge in [-0.15, -0.1) is 0 Å². The molecule has 2 aromatic carbocycles. The monoisotopic (exact) mass is 642 g/mol. The van der Waals surface area contributed by atoms with Crippen molar-refractivity contribution in [3.63, 3.8) is 0 Å². The third-order valence-corrected chi connectivity index (χ3v) is 8.56. The number of alkyl halides is 1. The van der Waals surface area contributed by atoms with E-state index in [1.165, 1.54) is 6.07 Å². The number of nitrogens with two attached hydrogens (primary N) is 1. The Morgan fingerprint density at radius 3 is 2.50 bits per heavy atom. The van der Waals surface area contributed by atoms with Gasteiger partial charge in [-0.1, -0.05) is 80.1 Å². The number of aromatic nitrogens is 3. The number of hydrogen-bond donors (Lipinski definition) is 2. The lowest BCUT2D eigenvalue weighted by molar-refractivity contribution is -0.138. The number of ketones is 1. The normalized spacial score (nSPS) is 16.8. The van der Waals surface area contributed by atoms with Gasteiger partial charge in [-0.05, 0) is 11.6 Å². The topological polar surface area (TPSA) is 140 Å². The van der Waals surface area contributed by atoms with Crippen LogP contribution in [0, 0.1) is 11.2 Å².